The van der Waals surface area contributed by atoms with E-state index < -0.39 is 0 Å². The molecule has 1 atom stereocenters. The van der Waals surface area contributed by atoms with Crippen molar-refractivity contribution in [3.05, 3.63) is 29.3 Å². The number of ether oxygens (including phenoxy) is 1. The van der Waals surface area contributed by atoms with E-state index in [4.69, 9.17) is 4.74 Å². The normalized spacial score (nSPS) is 12.4. The number of methoxy groups -OCH3 is 1. The molecule has 19 heavy (non-hydrogen) atoms. The second-order valence-corrected chi connectivity index (χ2v) is 5.27. The van der Waals surface area contributed by atoms with Crippen LogP contribution in [-0.2, 0) is 0 Å². The third-order valence-electron chi connectivity index (χ3n) is 3.77. The van der Waals surface area contributed by atoms with Crippen LogP contribution in [0.2, 0.25) is 0 Å². The zero-order chi connectivity index (χ0) is 14.1. The van der Waals surface area contributed by atoms with Gasteiger partial charge in [0.2, 0.25) is 0 Å². The van der Waals surface area contributed by atoms with Gasteiger partial charge in [0, 0.05) is 6.04 Å². The van der Waals surface area contributed by atoms with E-state index in [2.05, 4.69) is 44.4 Å². The number of aryl methyl sites for hydroxylation is 1. The first-order valence-electron chi connectivity index (χ1n) is 7.54. The van der Waals surface area contributed by atoms with Gasteiger partial charge in [0.1, 0.15) is 5.75 Å². The molecule has 0 heterocycles. The van der Waals surface area contributed by atoms with Crippen molar-refractivity contribution >= 4 is 0 Å². The molecule has 1 rings (SSSR count). The molecule has 0 saturated carbocycles. The van der Waals surface area contributed by atoms with Gasteiger partial charge in [0.15, 0.2) is 0 Å². The molecule has 0 saturated heterocycles. The highest BCUT2D eigenvalue weighted by Gasteiger charge is 2.10. The Bertz CT molecular complexity index is 362. The van der Waals surface area contributed by atoms with E-state index >= 15 is 0 Å². The third-order valence-corrected chi connectivity index (χ3v) is 3.77. The molecule has 1 unspecified atom stereocenters. The van der Waals surface area contributed by atoms with Gasteiger partial charge in [0.05, 0.1) is 7.11 Å². The third kappa shape index (κ3) is 5.23. The fourth-order valence-electron chi connectivity index (χ4n) is 2.55. The number of hydrogen-bond acceptors (Lipinski definition) is 2. The first-order valence-corrected chi connectivity index (χ1v) is 7.54. The maximum Gasteiger partial charge on any atom is 0.121 e. The average molecular weight is 263 g/mol. The lowest BCUT2D eigenvalue weighted by molar-refractivity contribution is 0.411. The SMILES string of the molecule is CCCCCCCC(NC)c1ccc(OC)c(C)c1. The topological polar surface area (TPSA) is 21.3 Å². The van der Waals surface area contributed by atoms with E-state index in [-0.39, 0.29) is 0 Å². The molecule has 0 amide bonds. The fourth-order valence-corrected chi connectivity index (χ4v) is 2.55. The van der Waals surface area contributed by atoms with Crippen LogP contribution in [0.3, 0.4) is 0 Å². The Balaban J connectivity index is 2.52. The zero-order valence-electron chi connectivity index (χ0n) is 13.0. The number of nitrogens with one attached hydrogen (secondary N) is 1. The van der Waals surface area contributed by atoms with Crippen LogP contribution in [0, 0.1) is 6.92 Å². The molecular formula is C17H29NO. The molecule has 1 aromatic carbocycles. The van der Waals surface area contributed by atoms with Crippen molar-refractivity contribution in [2.75, 3.05) is 14.2 Å². The summed E-state index contributed by atoms with van der Waals surface area (Å²) in [5, 5.41) is 3.43. The summed E-state index contributed by atoms with van der Waals surface area (Å²) in [6.07, 6.45) is 7.91. The summed E-state index contributed by atoms with van der Waals surface area (Å²) in [5.41, 5.74) is 2.59. The Morgan fingerprint density at radius 2 is 1.89 bits per heavy atom. The van der Waals surface area contributed by atoms with Gasteiger partial charge in [-0.15, -0.1) is 0 Å². The van der Waals surface area contributed by atoms with Crippen LogP contribution in [0.5, 0.6) is 5.75 Å². The summed E-state index contributed by atoms with van der Waals surface area (Å²) < 4.78 is 5.32. The minimum Gasteiger partial charge on any atom is -0.496 e. The molecule has 108 valence electrons. The number of benzene rings is 1. The van der Waals surface area contributed by atoms with Gasteiger partial charge in [-0.25, -0.2) is 0 Å². The van der Waals surface area contributed by atoms with Crippen LogP contribution in [0.15, 0.2) is 18.2 Å². The van der Waals surface area contributed by atoms with Crippen LogP contribution in [0.25, 0.3) is 0 Å². The van der Waals surface area contributed by atoms with Gasteiger partial charge in [-0.2, -0.15) is 0 Å². The van der Waals surface area contributed by atoms with Gasteiger partial charge in [-0.05, 0) is 37.6 Å². The summed E-state index contributed by atoms with van der Waals surface area (Å²) in [6, 6.07) is 6.96. The molecule has 0 aliphatic carbocycles. The first kappa shape index (κ1) is 16.0. The van der Waals surface area contributed by atoms with E-state index in [1.807, 2.05) is 0 Å². The van der Waals surface area contributed by atoms with Crippen molar-refractivity contribution < 1.29 is 4.74 Å². The summed E-state index contributed by atoms with van der Waals surface area (Å²) >= 11 is 0. The molecule has 1 aromatic rings. The Labute approximate surface area is 118 Å². The van der Waals surface area contributed by atoms with Crippen molar-refractivity contribution in [3.8, 4) is 5.75 Å². The summed E-state index contributed by atoms with van der Waals surface area (Å²) in [4.78, 5) is 0. The second-order valence-electron chi connectivity index (χ2n) is 5.27. The number of rotatable bonds is 9. The Hall–Kier alpha value is -1.02. The van der Waals surface area contributed by atoms with Crippen LogP contribution >= 0.6 is 0 Å². The van der Waals surface area contributed by atoms with Crippen LogP contribution in [0.4, 0.5) is 0 Å². The summed E-state index contributed by atoms with van der Waals surface area (Å²) in [5.74, 6) is 0.974. The van der Waals surface area contributed by atoms with Gasteiger partial charge in [0.25, 0.3) is 0 Å². The molecule has 0 fully saturated rings. The zero-order valence-corrected chi connectivity index (χ0v) is 13.0. The van der Waals surface area contributed by atoms with Crippen LogP contribution in [-0.4, -0.2) is 14.2 Å². The largest absolute Gasteiger partial charge is 0.496 e. The lowest BCUT2D eigenvalue weighted by Crippen LogP contribution is -2.16. The summed E-state index contributed by atoms with van der Waals surface area (Å²) in [7, 11) is 3.78. The Morgan fingerprint density at radius 1 is 1.16 bits per heavy atom. The molecule has 1 N–H and O–H groups in total. The maximum atomic E-state index is 5.32. The molecule has 0 aromatic heterocycles. The van der Waals surface area contributed by atoms with Crippen molar-refractivity contribution in [2.45, 2.75) is 58.4 Å². The van der Waals surface area contributed by atoms with Crippen LogP contribution in [0.1, 0.15) is 62.6 Å². The van der Waals surface area contributed by atoms with Gasteiger partial charge >= 0.3 is 0 Å². The fraction of sp³-hybridized carbons (Fsp3) is 0.647. The minimum atomic E-state index is 0.464. The highest BCUT2D eigenvalue weighted by molar-refractivity contribution is 5.37. The van der Waals surface area contributed by atoms with E-state index in [1.54, 1.807) is 7.11 Å². The lowest BCUT2D eigenvalue weighted by atomic mass is 9.98. The van der Waals surface area contributed by atoms with E-state index in [0.29, 0.717) is 6.04 Å². The minimum absolute atomic E-state index is 0.464. The van der Waals surface area contributed by atoms with Gasteiger partial charge in [-0.3, -0.25) is 0 Å². The molecular weight excluding hydrogens is 234 g/mol. The molecule has 2 heteroatoms. The quantitative estimate of drug-likeness (QED) is 0.656. The average Bonchev–Trinajstić information content (AvgIpc) is 2.43. The Morgan fingerprint density at radius 3 is 2.47 bits per heavy atom. The monoisotopic (exact) mass is 263 g/mol. The molecule has 0 aliphatic heterocycles. The lowest BCUT2D eigenvalue weighted by Gasteiger charge is -2.18. The van der Waals surface area contributed by atoms with Crippen molar-refractivity contribution in [1.29, 1.82) is 0 Å². The smallest absolute Gasteiger partial charge is 0.121 e. The van der Waals surface area contributed by atoms with Crippen molar-refractivity contribution in [1.82, 2.24) is 5.32 Å². The second kappa shape index (κ2) is 8.98. The van der Waals surface area contributed by atoms with Crippen molar-refractivity contribution in [3.63, 3.8) is 0 Å². The van der Waals surface area contributed by atoms with E-state index in [1.165, 1.54) is 49.7 Å². The highest BCUT2D eigenvalue weighted by atomic mass is 16.5. The van der Waals surface area contributed by atoms with Crippen LogP contribution < -0.4 is 10.1 Å². The predicted molar refractivity (Wildman–Crippen MR) is 82.9 cm³/mol. The first-order chi connectivity index (χ1) is 9.22. The number of hydrogen-bond donors (Lipinski definition) is 1. The Kier molecular flexibility index (Phi) is 7.57. The van der Waals surface area contributed by atoms with E-state index in [9.17, 15) is 0 Å². The molecule has 0 bridgehead atoms. The van der Waals surface area contributed by atoms with Crippen molar-refractivity contribution in [2.24, 2.45) is 0 Å². The molecule has 0 spiro atoms. The number of unbranched alkanes of at least 4 members (excludes halogenated alkanes) is 4. The maximum absolute atomic E-state index is 5.32. The molecule has 0 aliphatic rings. The highest BCUT2D eigenvalue weighted by Crippen LogP contribution is 2.25. The van der Waals surface area contributed by atoms with Gasteiger partial charge < -0.3 is 10.1 Å². The molecule has 0 radical (unpaired) electrons. The van der Waals surface area contributed by atoms with E-state index in [0.717, 1.165) is 5.75 Å². The summed E-state index contributed by atoms with van der Waals surface area (Å²) in [6.45, 7) is 4.37. The molecule has 2 nitrogen and oxygen atoms in total. The predicted octanol–water partition coefficient (Wildman–Crippen LogP) is 4.62. The van der Waals surface area contributed by atoms with Gasteiger partial charge in [-0.1, -0.05) is 51.2 Å². The standard InChI is InChI=1S/C17H29NO/c1-5-6-7-8-9-10-16(18-3)15-11-12-17(19-4)14(2)13-15/h11-13,16,18H,5-10H2,1-4H3.